The Hall–Kier alpha value is -1.37. The average Bonchev–Trinajstić information content (AvgIpc) is 3.10. The van der Waals surface area contributed by atoms with Gasteiger partial charge in [-0.1, -0.05) is 16.8 Å². The number of nitrogens with zero attached hydrogens (tertiary/aromatic N) is 1. The van der Waals surface area contributed by atoms with E-state index < -0.39 is 0 Å². The number of hydrogen-bond donors (Lipinski definition) is 2. The number of piperidine rings is 1. The van der Waals surface area contributed by atoms with Crippen LogP contribution in [0.15, 0.2) is 22.7 Å². The van der Waals surface area contributed by atoms with Crippen LogP contribution in [0.4, 0.5) is 0 Å². The number of amides is 1. The smallest absolute Gasteiger partial charge is 0.273 e. The molecule has 0 saturated carbocycles. The number of hydrogen-bond acceptors (Lipinski definition) is 5. The van der Waals surface area contributed by atoms with E-state index in [2.05, 4.69) is 22.7 Å². The van der Waals surface area contributed by atoms with Crippen LogP contribution in [0.25, 0.3) is 10.6 Å². The fourth-order valence-electron chi connectivity index (χ4n) is 2.43. The van der Waals surface area contributed by atoms with E-state index in [-0.39, 0.29) is 18.0 Å². The summed E-state index contributed by atoms with van der Waals surface area (Å²) in [4.78, 5) is 13.1. The minimum absolute atomic E-state index is 0.127. The minimum atomic E-state index is -0.201. The van der Waals surface area contributed by atoms with Crippen molar-refractivity contribution in [2.45, 2.75) is 31.8 Å². The first-order valence-electron chi connectivity index (χ1n) is 6.90. The summed E-state index contributed by atoms with van der Waals surface area (Å²) in [5.74, 6) is 0.361. The molecule has 2 aromatic rings. The molecule has 0 aliphatic carbocycles. The molecular formula is C14H16ClN3O2S. The summed E-state index contributed by atoms with van der Waals surface area (Å²) >= 11 is 7.29. The lowest BCUT2D eigenvalue weighted by molar-refractivity contribution is 0.0910. The van der Waals surface area contributed by atoms with Gasteiger partial charge in [0.2, 0.25) is 0 Å². The Bertz CT molecular complexity index is 640. The van der Waals surface area contributed by atoms with Gasteiger partial charge >= 0.3 is 0 Å². The largest absolute Gasteiger partial charge is 0.355 e. The lowest BCUT2D eigenvalue weighted by Gasteiger charge is -2.30. The maximum absolute atomic E-state index is 12.2. The third-order valence-electron chi connectivity index (χ3n) is 3.64. The fraction of sp³-hybridized carbons (Fsp3) is 0.429. The third kappa shape index (κ3) is 3.28. The number of carbonyl (C=O) groups is 1. The molecule has 21 heavy (non-hydrogen) atoms. The van der Waals surface area contributed by atoms with Gasteiger partial charge in [0, 0.05) is 18.2 Å². The van der Waals surface area contributed by atoms with Gasteiger partial charge in [-0.25, -0.2) is 0 Å². The molecule has 3 heterocycles. The van der Waals surface area contributed by atoms with Crippen molar-refractivity contribution in [2.24, 2.45) is 0 Å². The highest BCUT2D eigenvalue weighted by atomic mass is 35.5. The zero-order valence-electron chi connectivity index (χ0n) is 11.6. The van der Waals surface area contributed by atoms with Crippen LogP contribution in [0.1, 0.15) is 30.3 Å². The number of aromatic nitrogens is 1. The Morgan fingerprint density at radius 1 is 1.57 bits per heavy atom. The lowest BCUT2D eigenvalue weighted by atomic mass is 10.00. The maximum Gasteiger partial charge on any atom is 0.273 e. The molecule has 7 heteroatoms. The molecule has 0 bridgehead atoms. The van der Waals surface area contributed by atoms with Crippen LogP contribution in [0.2, 0.25) is 4.34 Å². The van der Waals surface area contributed by atoms with Crippen LogP contribution >= 0.6 is 22.9 Å². The summed E-state index contributed by atoms with van der Waals surface area (Å²) < 4.78 is 5.90. The third-order valence-corrected chi connectivity index (χ3v) is 4.88. The molecule has 1 fully saturated rings. The van der Waals surface area contributed by atoms with E-state index in [1.165, 1.54) is 11.3 Å². The standard InChI is InChI=1S/C14H16ClN3O2S/c1-8-9(3-2-6-16-8)17-14(19)10-7-11(20-18-10)12-4-5-13(15)21-12/h4-5,7-9,16H,2-3,6H2,1H3,(H,17,19). The van der Waals surface area contributed by atoms with Gasteiger partial charge in [-0.3, -0.25) is 4.79 Å². The molecule has 2 N–H and O–H groups in total. The Balaban J connectivity index is 1.69. The summed E-state index contributed by atoms with van der Waals surface area (Å²) in [7, 11) is 0. The number of halogens is 1. The van der Waals surface area contributed by atoms with Crippen LogP contribution in [0.5, 0.6) is 0 Å². The van der Waals surface area contributed by atoms with E-state index in [1.54, 1.807) is 12.1 Å². The first-order valence-corrected chi connectivity index (χ1v) is 8.09. The van der Waals surface area contributed by atoms with Gasteiger partial charge in [0.15, 0.2) is 11.5 Å². The highest BCUT2D eigenvalue weighted by molar-refractivity contribution is 7.19. The van der Waals surface area contributed by atoms with Crippen molar-refractivity contribution in [3.05, 3.63) is 28.2 Å². The van der Waals surface area contributed by atoms with Gasteiger partial charge in [-0.2, -0.15) is 0 Å². The summed E-state index contributed by atoms with van der Waals surface area (Å²) in [5.41, 5.74) is 0.298. The minimum Gasteiger partial charge on any atom is -0.355 e. The van der Waals surface area contributed by atoms with E-state index >= 15 is 0 Å². The predicted octanol–water partition coefficient (Wildman–Crippen LogP) is 2.93. The summed E-state index contributed by atoms with van der Waals surface area (Å²) in [6.07, 6.45) is 2.04. The average molecular weight is 326 g/mol. The van der Waals surface area contributed by atoms with Crippen molar-refractivity contribution in [1.82, 2.24) is 15.8 Å². The first-order chi connectivity index (χ1) is 10.1. The van der Waals surface area contributed by atoms with Crippen LogP contribution < -0.4 is 10.6 Å². The van der Waals surface area contributed by atoms with Crippen molar-refractivity contribution in [2.75, 3.05) is 6.54 Å². The molecule has 1 aliphatic heterocycles. The van der Waals surface area contributed by atoms with Gasteiger partial charge in [-0.15, -0.1) is 11.3 Å². The van der Waals surface area contributed by atoms with Crippen LogP contribution in [0.3, 0.4) is 0 Å². The zero-order chi connectivity index (χ0) is 14.8. The molecule has 2 atom stereocenters. The van der Waals surface area contributed by atoms with Crippen molar-refractivity contribution in [1.29, 1.82) is 0 Å². The summed E-state index contributed by atoms with van der Waals surface area (Å²) in [6.45, 7) is 3.08. The van der Waals surface area contributed by atoms with Crippen molar-refractivity contribution in [3.8, 4) is 10.6 Å². The van der Waals surface area contributed by atoms with Crippen molar-refractivity contribution < 1.29 is 9.32 Å². The second-order valence-corrected chi connectivity index (χ2v) is 6.86. The van der Waals surface area contributed by atoms with E-state index in [1.807, 2.05) is 6.07 Å². The number of rotatable bonds is 3. The molecule has 1 aliphatic rings. The van der Waals surface area contributed by atoms with Gasteiger partial charge < -0.3 is 15.2 Å². The SMILES string of the molecule is CC1NCCCC1NC(=O)c1cc(-c2ccc(Cl)s2)on1. The highest BCUT2D eigenvalue weighted by Crippen LogP contribution is 2.31. The first kappa shape index (κ1) is 14.6. The number of carbonyl (C=O) groups excluding carboxylic acids is 1. The molecule has 5 nitrogen and oxygen atoms in total. The normalized spacial score (nSPS) is 22.2. The zero-order valence-corrected chi connectivity index (χ0v) is 13.1. The summed E-state index contributed by atoms with van der Waals surface area (Å²) in [5, 5.41) is 10.2. The fourth-order valence-corrected chi connectivity index (χ4v) is 3.42. The van der Waals surface area contributed by atoms with Crippen LogP contribution in [-0.2, 0) is 0 Å². The second-order valence-electron chi connectivity index (χ2n) is 5.15. The molecule has 3 rings (SSSR count). The predicted molar refractivity (Wildman–Crippen MR) is 82.8 cm³/mol. The topological polar surface area (TPSA) is 67.2 Å². The van der Waals surface area contributed by atoms with E-state index in [9.17, 15) is 4.79 Å². The molecule has 0 spiro atoms. The quantitative estimate of drug-likeness (QED) is 0.910. The molecule has 1 saturated heterocycles. The molecule has 0 radical (unpaired) electrons. The second kappa shape index (κ2) is 6.17. The lowest BCUT2D eigenvalue weighted by Crippen LogP contribution is -2.51. The van der Waals surface area contributed by atoms with Crippen molar-refractivity contribution >= 4 is 28.8 Å². The van der Waals surface area contributed by atoms with Crippen molar-refractivity contribution in [3.63, 3.8) is 0 Å². The van der Waals surface area contributed by atoms with Crippen LogP contribution in [-0.4, -0.2) is 29.7 Å². The molecule has 2 unspecified atom stereocenters. The van der Waals surface area contributed by atoms with Crippen LogP contribution in [0, 0.1) is 0 Å². The maximum atomic E-state index is 12.2. The summed E-state index contributed by atoms with van der Waals surface area (Å²) in [6, 6.07) is 5.69. The number of thiophene rings is 1. The van der Waals surface area contributed by atoms with E-state index in [4.69, 9.17) is 16.1 Å². The number of nitrogens with one attached hydrogen (secondary N) is 2. The molecular weight excluding hydrogens is 310 g/mol. The van der Waals surface area contributed by atoms with Gasteiger partial charge in [-0.05, 0) is 38.4 Å². The van der Waals surface area contributed by atoms with Gasteiger partial charge in [0.1, 0.15) is 0 Å². The monoisotopic (exact) mass is 325 g/mol. The molecule has 2 aromatic heterocycles. The van der Waals surface area contributed by atoms with Gasteiger partial charge in [0.05, 0.1) is 9.21 Å². The Morgan fingerprint density at radius 2 is 2.43 bits per heavy atom. The van der Waals surface area contributed by atoms with Gasteiger partial charge in [0.25, 0.3) is 5.91 Å². The molecule has 0 aromatic carbocycles. The Morgan fingerprint density at radius 3 is 3.14 bits per heavy atom. The Kier molecular flexibility index (Phi) is 4.28. The Labute approximate surface area is 131 Å². The molecule has 1 amide bonds. The van der Waals surface area contributed by atoms with E-state index in [0.29, 0.717) is 15.8 Å². The van der Waals surface area contributed by atoms with E-state index in [0.717, 1.165) is 24.3 Å². The molecule has 112 valence electrons. The highest BCUT2D eigenvalue weighted by Gasteiger charge is 2.24.